The highest BCUT2D eigenvalue weighted by Gasteiger charge is 2.24. The van der Waals surface area contributed by atoms with Crippen LogP contribution >= 0.6 is 24.8 Å². The van der Waals surface area contributed by atoms with Gasteiger partial charge >= 0.3 is 0 Å². The van der Waals surface area contributed by atoms with Crippen molar-refractivity contribution in [3.05, 3.63) is 29.6 Å². The molecule has 21 heavy (non-hydrogen) atoms. The van der Waals surface area contributed by atoms with E-state index < -0.39 is 0 Å². The smallest absolute Gasteiger partial charge is 0.270 e. The monoisotopic (exact) mass is 333 g/mol. The summed E-state index contributed by atoms with van der Waals surface area (Å²) in [6.07, 6.45) is 6.15. The van der Waals surface area contributed by atoms with Crippen LogP contribution in [-0.4, -0.2) is 23.5 Å². The lowest BCUT2D eigenvalue weighted by Gasteiger charge is -2.30. The van der Waals surface area contributed by atoms with Gasteiger partial charge in [-0.15, -0.1) is 24.8 Å². The van der Waals surface area contributed by atoms with Crippen molar-refractivity contribution in [1.29, 1.82) is 0 Å². The molecule has 1 heterocycles. The number of aryl methyl sites for hydroxylation is 1. The molecule has 1 aromatic heterocycles. The van der Waals surface area contributed by atoms with Gasteiger partial charge in [0.25, 0.3) is 5.91 Å². The molecule has 0 bridgehead atoms. The molecule has 1 fully saturated rings. The van der Waals surface area contributed by atoms with Crippen molar-refractivity contribution >= 4 is 30.7 Å². The van der Waals surface area contributed by atoms with Crippen molar-refractivity contribution in [2.24, 2.45) is 11.7 Å². The Morgan fingerprint density at radius 1 is 1.33 bits per heavy atom. The Morgan fingerprint density at radius 2 is 2.00 bits per heavy atom. The maximum absolute atomic E-state index is 12.2. The first kappa shape index (κ1) is 20.2. The van der Waals surface area contributed by atoms with Gasteiger partial charge in [0.05, 0.1) is 0 Å². The Balaban J connectivity index is 0.00000200. The summed E-state index contributed by atoms with van der Waals surface area (Å²) in [5.74, 6) is 0.414. The summed E-state index contributed by atoms with van der Waals surface area (Å²) in [7, 11) is 0. The summed E-state index contributed by atoms with van der Waals surface area (Å²) in [5, 5.41) is 3.05. The molecule has 0 saturated heterocycles. The van der Waals surface area contributed by atoms with Gasteiger partial charge in [0.1, 0.15) is 5.69 Å². The maximum Gasteiger partial charge on any atom is 0.270 e. The van der Waals surface area contributed by atoms with Crippen LogP contribution in [0.5, 0.6) is 0 Å². The topological polar surface area (TPSA) is 68.0 Å². The van der Waals surface area contributed by atoms with Gasteiger partial charge in [-0.2, -0.15) is 0 Å². The zero-order chi connectivity index (χ0) is 13.7. The first-order chi connectivity index (χ1) is 9.20. The molecule has 1 amide bonds. The first-order valence-electron chi connectivity index (χ1n) is 7.15. The van der Waals surface area contributed by atoms with E-state index in [-0.39, 0.29) is 36.8 Å². The largest absolute Gasteiger partial charge is 0.346 e. The minimum atomic E-state index is -0.107. The average Bonchev–Trinajstić information content (AvgIpc) is 2.45. The summed E-state index contributed by atoms with van der Waals surface area (Å²) in [6, 6.07) is 5.57. The van der Waals surface area contributed by atoms with Gasteiger partial charge in [-0.05, 0) is 37.8 Å². The number of halogens is 2. The van der Waals surface area contributed by atoms with Gasteiger partial charge in [0.2, 0.25) is 0 Å². The molecule has 1 aliphatic carbocycles. The summed E-state index contributed by atoms with van der Waals surface area (Å²) in [6.45, 7) is 2.39. The highest BCUT2D eigenvalue weighted by atomic mass is 35.5. The molecule has 6 heteroatoms. The van der Waals surface area contributed by atoms with Gasteiger partial charge in [-0.3, -0.25) is 4.79 Å². The molecule has 1 atom stereocenters. The second-order valence-corrected chi connectivity index (χ2v) is 5.38. The van der Waals surface area contributed by atoms with Crippen molar-refractivity contribution in [2.45, 2.75) is 45.1 Å². The van der Waals surface area contributed by atoms with E-state index in [9.17, 15) is 4.79 Å². The molecule has 1 aromatic rings. The number of carbonyl (C=O) groups is 1. The highest BCUT2D eigenvalue weighted by molar-refractivity contribution is 5.92. The number of nitrogens with one attached hydrogen (secondary N) is 1. The van der Waals surface area contributed by atoms with Crippen LogP contribution in [-0.2, 0) is 0 Å². The van der Waals surface area contributed by atoms with Gasteiger partial charge in [0, 0.05) is 18.3 Å². The number of amides is 1. The summed E-state index contributed by atoms with van der Waals surface area (Å²) < 4.78 is 0. The lowest BCUT2D eigenvalue weighted by molar-refractivity contribution is 0.0910. The number of pyridine rings is 1. The summed E-state index contributed by atoms with van der Waals surface area (Å²) >= 11 is 0. The first-order valence-corrected chi connectivity index (χ1v) is 7.15. The van der Waals surface area contributed by atoms with E-state index in [1.54, 1.807) is 6.07 Å². The molecule has 0 aromatic carbocycles. The second-order valence-electron chi connectivity index (χ2n) is 5.38. The number of nitrogens with zero attached hydrogens (tertiary/aromatic N) is 1. The van der Waals surface area contributed by atoms with E-state index in [0.717, 1.165) is 5.69 Å². The number of nitrogens with two attached hydrogens (primary N) is 1. The van der Waals surface area contributed by atoms with E-state index in [0.29, 0.717) is 18.2 Å². The number of carbonyl (C=O) groups excluding carboxylic acids is 1. The van der Waals surface area contributed by atoms with E-state index in [2.05, 4.69) is 10.3 Å². The van der Waals surface area contributed by atoms with Crippen molar-refractivity contribution < 1.29 is 4.79 Å². The van der Waals surface area contributed by atoms with Crippen molar-refractivity contribution in [2.75, 3.05) is 6.54 Å². The molecule has 1 unspecified atom stereocenters. The van der Waals surface area contributed by atoms with Crippen LogP contribution in [0.4, 0.5) is 0 Å². The van der Waals surface area contributed by atoms with Crippen LogP contribution in [0.2, 0.25) is 0 Å². The molecule has 1 aliphatic rings. The van der Waals surface area contributed by atoms with Crippen LogP contribution in [0.3, 0.4) is 0 Å². The Bertz CT molecular complexity index is 437. The third kappa shape index (κ3) is 5.81. The SMILES string of the molecule is Cc1cccc(C(=O)NC(CN)C2CCCCC2)n1.Cl.Cl. The van der Waals surface area contributed by atoms with E-state index in [1.165, 1.54) is 32.1 Å². The third-order valence-corrected chi connectivity index (χ3v) is 3.91. The minimum Gasteiger partial charge on any atom is -0.346 e. The lowest BCUT2D eigenvalue weighted by atomic mass is 9.84. The standard InChI is InChI=1S/C15H23N3O.2ClH/c1-11-6-5-9-13(17-11)15(19)18-14(10-16)12-7-3-2-4-8-12;;/h5-6,9,12,14H,2-4,7-8,10,16H2,1H3,(H,18,19);2*1H. The van der Waals surface area contributed by atoms with E-state index in [1.807, 2.05) is 19.1 Å². The van der Waals surface area contributed by atoms with E-state index >= 15 is 0 Å². The molecule has 3 N–H and O–H groups in total. The van der Waals surface area contributed by atoms with Crippen LogP contribution in [0.1, 0.15) is 48.3 Å². The molecule has 1 saturated carbocycles. The predicted octanol–water partition coefficient (Wildman–Crippen LogP) is 2.87. The Labute approximate surface area is 139 Å². The van der Waals surface area contributed by atoms with Gasteiger partial charge in [-0.1, -0.05) is 25.3 Å². The second kappa shape index (κ2) is 9.98. The fourth-order valence-electron chi connectivity index (χ4n) is 2.82. The van der Waals surface area contributed by atoms with Crippen LogP contribution in [0, 0.1) is 12.8 Å². The molecule has 2 rings (SSSR count). The zero-order valence-corrected chi connectivity index (χ0v) is 14.0. The fourth-order valence-corrected chi connectivity index (χ4v) is 2.82. The maximum atomic E-state index is 12.2. The average molecular weight is 334 g/mol. The van der Waals surface area contributed by atoms with Crippen LogP contribution in [0.15, 0.2) is 18.2 Å². The third-order valence-electron chi connectivity index (χ3n) is 3.91. The van der Waals surface area contributed by atoms with Gasteiger partial charge in [0.15, 0.2) is 0 Å². The molecule has 4 nitrogen and oxygen atoms in total. The normalized spacial score (nSPS) is 16.3. The molecular weight excluding hydrogens is 309 g/mol. The van der Waals surface area contributed by atoms with Crippen LogP contribution in [0.25, 0.3) is 0 Å². The lowest BCUT2D eigenvalue weighted by Crippen LogP contribution is -2.46. The number of hydrogen-bond acceptors (Lipinski definition) is 3. The quantitative estimate of drug-likeness (QED) is 0.890. The minimum absolute atomic E-state index is 0. The van der Waals surface area contributed by atoms with Crippen molar-refractivity contribution in [3.63, 3.8) is 0 Å². The number of aromatic nitrogens is 1. The van der Waals surface area contributed by atoms with Gasteiger partial charge < -0.3 is 11.1 Å². The van der Waals surface area contributed by atoms with Crippen molar-refractivity contribution in [3.8, 4) is 0 Å². The summed E-state index contributed by atoms with van der Waals surface area (Å²) in [4.78, 5) is 16.4. The number of rotatable bonds is 4. The predicted molar refractivity (Wildman–Crippen MR) is 90.4 cm³/mol. The molecular formula is C15H25Cl2N3O. The Hall–Kier alpha value is -0.840. The Kier molecular flexibility index (Phi) is 9.58. The zero-order valence-electron chi connectivity index (χ0n) is 12.4. The molecule has 120 valence electrons. The van der Waals surface area contributed by atoms with Crippen molar-refractivity contribution in [1.82, 2.24) is 10.3 Å². The van der Waals surface area contributed by atoms with Gasteiger partial charge in [-0.25, -0.2) is 4.98 Å². The fraction of sp³-hybridized carbons (Fsp3) is 0.600. The number of hydrogen-bond donors (Lipinski definition) is 2. The Morgan fingerprint density at radius 3 is 2.57 bits per heavy atom. The highest BCUT2D eigenvalue weighted by Crippen LogP contribution is 2.26. The van der Waals surface area contributed by atoms with Crippen LogP contribution < -0.4 is 11.1 Å². The summed E-state index contributed by atoms with van der Waals surface area (Å²) in [5.41, 5.74) is 7.16. The molecule has 0 aliphatic heterocycles. The van der Waals surface area contributed by atoms with E-state index in [4.69, 9.17) is 5.73 Å². The molecule has 0 radical (unpaired) electrons. The molecule has 0 spiro atoms.